The summed E-state index contributed by atoms with van der Waals surface area (Å²) in [5.41, 5.74) is 1.90. The molecule has 0 aliphatic carbocycles. The summed E-state index contributed by atoms with van der Waals surface area (Å²) in [6.45, 7) is 0.506. The molecule has 0 bridgehead atoms. The molecule has 0 saturated heterocycles. The van der Waals surface area contributed by atoms with Crippen LogP contribution in [-0.4, -0.2) is 38.2 Å². The fraction of sp³-hybridized carbons (Fsp3) is 0.455. The summed E-state index contributed by atoms with van der Waals surface area (Å²) in [4.78, 5) is 12.2. The first-order chi connectivity index (χ1) is 8.65. The zero-order valence-electron chi connectivity index (χ0n) is 10.9. The Labute approximate surface area is 114 Å². The van der Waals surface area contributed by atoms with Crippen molar-refractivity contribution in [1.82, 2.24) is 9.97 Å². The SMILES string of the molecule is CNc1nc(-c2sc(N(C)C)nc2COC)cs1. The number of nitrogens with one attached hydrogen (secondary N) is 1. The molecule has 0 aliphatic rings. The third kappa shape index (κ3) is 2.63. The molecular weight excluding hydrogens is 268 g/mol. The standard InChI is InChI=1S/C11H16N4OS2/c1-12-10-13-8(6-17-10)9-7(5-16-4)14-11(18-9)15(2)3/h6H,5H2,1-4H3,(H,12,13). The van der Waals surface area contributed by atoms with Gasteiger partial charge in [0, 0.05) is 33.6 Å². The Morgan fingerprint density at radius 2 is 2.17 bits per heavy atom. The van der Waals surface area contributed by atoms with Gasteiger partial charge in [-0.25, -0.2) is 9.97 Å². The van der Waals surface area contributed by atoms with E-state index >= 15 is 0 Å². The molecule has 0 radical (unpaired) electrons. The average Bonchev–Trinajstić information content (AvgIpc) is 2.94. The van der Waals surface area contributed by atoms with Crippen molar-refractivity contribution in [3.8, 4) is 10.6 Å². The van der Waals surface area contributed by atoms with Gasteiger partial charge in [-0.15, -0.1) is 11.3 Å². The van der Waals surface area contributed by atoms with Crippen LogP contribution >= 0.6 is 22.7 Å². The van der Waals surface area contributed by atoms with E-state index in [1.54, 1.807) is 29.8 Å². The molecule has 18 heavy (non-hydrogen) atoms. The fourth-order valence-corrected chi connectivity index (χ4v) is 3.15. The van der Waals surface area contributed by atoms with Crippen LogP contribution in [0.2, 0.25) is 0 Å². The number of rotatable bonds is 5. The summed E-state index contributed by atoms with van der Waals surface area (Å²) in [5, 5.41) is 6.97. The summed E-state index contributed by atoms with van der Waals surface area (Å²) in [6, 6.07) is 0. The highest BCUT2D eigenvalue weighted by atomic mass is 32.1. The molecule has 0 spiro atoms. The van der Waals surface area contributed by atoms with Crippen molar-refractivity contribution in [1.29, 1.82) is 0 Å². The van der Waals surface area contributed by atoms with Gasteiger partial charge >= 0.3 is 0 Å². The first-order valence-electron chi connectivity index (χ1n) is 5.45. The minimum absolute atomic E-state index is 0.506. The fourth-order valence-electron chi connectivity index (χ4n) is 1.46. The van der Waals surface area contributed by atoms with Crippen molar-refractivity contribution >= 4 is 32.9 Å². The van der Waals surface area contributed by atoms with Crippen LogP contribution in [0.15, 0.2) is 5.38 Å². The van der Waals surface area contributed by atoms with Gasteiger partial charge in [0.25, 0.3) is 0 Å². The lowest BCUT2D eigenvalue weighted by Crippen LogP contribution is -2.08. The summed E-state index contributed by atoms with van der Waals surface area (Å²) < 4.78 is 5.20. The number of ether oxygens (including phenoxy) is 1. The molecule has 0 amide bonds. The maximum absolute atomic E-state index is 5.20. The van der Waals surface area contributed by atoms with E-state index in [4.69, 9.17) is 4.74 Å². The van der Waals surface area contributed by atoms with Gasteiger partial charge < -0.3 is 15.0 Å². The van der Waals surface area contributed by atoms with E-state index < -0.39 is 0 Å². The number of nitrogens with zero attached hydrogens (tertiary/aromatic N) is 3. The highest BCUT2D eigenvalue weighted by Gasteiger charge is 2.16. The number of hydrogen-bond acceptors (Lipinski definition) is 7. The van der Waals surface area contributed by atoms with Crippen molar-refractivity contribution in [3.05, 3.63) is 11.1 Å². The monoisotopic (exact) mass is 284 g/mol. The summed E-state index contributed by atoms with van der Waals surface area (Å²) in [5.74, 6) is 0. The Kier molecular flexibility index (Phi) is 4.15. The van der Waals surface area contributed by atoms with Crippen LogP contribution in [-0.2, 0) is 11.3 Å². The molecule has 5 nitrogen and oxygen atoms in total. The summed E-state index contributed by atoms with van der Waals surface area (Å²) >= 11 is 3.23. The Balaban J connectivity index is 2.40. The van der Waals surface area contributed by atoms with Crippen LogP contribution in [0.4, 0.5) is 10.3 Å². The van der Waals surface area contributed by atoms with Gasteiger partial charge in [0.2, 0.25) is 0 Å². The van der Waals surface area contributed by atoms with Gasteiger partial charge in [0.15, 0.2) is 10.3 Å². The van der Waals surface area contributed by atoms with Crippen LogP contribution in [0.1, 0.15) is 5.69 Å². The van der Waals surface area contributed by atoms with E-state index in [-0.39, 0.29) is 0 Å². The van der Waals surface area contributed by atoms with Gasteiger partial charge in [0.05, 0.1) is 22.9 Å². The highest BCUT2D eigenvalue weighted by molar-refractivity contribution is 7.19. The molecule has 0 unspecified atom stereocenters. The van der Waals surface area contributed by atoms with Crippen molar-refractivity contribution < 1.29 is 4.74 Å². The second kappa shape index (κ2) is 5.64. The van der Waals surface area contributed by atoms with E-state index in [9.17, 15) is 0 Å². The minimum atomic E-state index is 0.506. The zero-order valence-corrected chi connectivity index (χ0v) is 12.5. The van der Waals surface area contributed by atoms with Crippen molar-refractivity contribution in [3.63, 3.8) is 0 Å². The van der Waals surface area contributed by atoms with Crippen LogP contribution in [0.3, 0.4) is 0 Å². The lowest BCUT2D eigenvalue weighted by atomic mass is 10.3. The van der Waals surface area contributed by atoms with E-state index in [0.717, 1.165) is 26.5 Å². The molecular formula is C11H16N4OS2. The lowest BCUT2D eigenvalue weighted by molar-refractivity contribution is 0.182. The first-order valence-corrected chi connectivity index (χ1v) is 7.15. The Hall–Kier alpha value is -1.18. The van der Waals surface area contributed by atoms with Gasteiger partial charge in [-0.1, -0.05) is 11.3 Å². The molecule has 2 aromatic rings. The Morgan fingerprint density at radius 3 is 2.72 bits per heavy atom. The second-order valence-corrected chi connectivity index (χ2v) is 5.72. The third-order valence-corrected chi connectivity index (χ3v) is 4.45. The number of hydrogen-bond donors (Lipinski definition) is 1. The van der Waals surface area contributed by atoms with Crippen LogP contribution < -0.4 is 10.2 Å². The quantitative estimate of drug-likeness (QED) is 0.914. The molecule has 2 aromatic heterocycles. The van der Waals surface area contributed by atoms with Gasteiger partial charge in [0.1, 0.15) is 0 Å². The van der Waals surface area contributed by atoms with Crippen molar-refractivity contribution in [2.45, 2.75) is 6.61 Å². The molecule has 0 atom stereocenters. The molecule has 98 valence electrons. The summed E-state index contributed by atoms with van der Waals surface area (Å²) in [6.07, 6.45) is 0. The van der Waals surface area contributed by atoms with E-state index in [0.29, 0.717) is 6.61 Å². The number of thiazole rings is 2. The topological polar surface area (TPSA) is 50.3 Å². The minimum Gasteiger partial charge on any atom is -0.378 e. The number of aromatic nitrogens is 2. The Bertz CT molecular complexity index is 521. The maximum Gasteiger partial charge on any atom is 0.185 e. The lowest BCUT2D eigenvalue weighted by Gasteiger charge is -2.05. The zero-order chi connectivity index (χ0) is 13.1. The van der Waals surface area contributed by atoms with Gasteiger partial charge in [-0.3, -0.25) is 0 Å². The third-order valence-electron chi connectivity index (χ3n) is 2.30. The number of methoxy groups -OCH3 is 1. The highest BCUT2D eigenvalue weighted by Crippen LogP contribution is 2.35. The first kappa shape index (κ1) is 13.3. The molecule has 0 aliphatic heterocycles. The predicted molar refractivity (Wildman–Crippen MR) is 77.8 cm³/mol. The normalized spacial score (nSPS) is 10.7. The van der Waals surface area contributed by atoms with Crippen LogP contribution in [0.5, 0.6) is 0 Å². The predicted octanol–water partition coefficient (Wildman–Crippen LogP) is 2.52. The molecule has 0 saturated carbocycles. The second-order valence-electron chi connectivity index (χ2n) is 3.89. The molecule has 0 aromatic carbocycles. The van der Waals surface area contributed by atoms with Crippen molar-refractivity contribution in [2.75, 3.05) is 38.5 Å². The van der Waals surface area contributed by atoms with Crippen LogP contribution in [0, 0.1) is 0 Å². The molecule has 2 rings (SSSR count). The largest absolute Gasteiger partial charge is 0.378 e. The summed E-state index contributed by atoms with van der Waals surface area (Å²) in [7, 11) is 7.52. The van der Waals surface area contributed by atoms with E-state index in [1.807, 2.05) is 31.4 Å². The average molecular weight is 284 g/mol. The number of anilines is 2. The van der Waals surface area contributed by atoms with E-state index in [1.165, 1.54) is 0 Å². The van der Waals surface area contributed by atoms with Gasteiger partial charge in [-0.05, 0) is 0 Å². The van der Waals surface area contributed by atoms with Gasteiger partial charge in [-0.2, -0.15) is 0 Å². The molecule has 7 heteroatoms. The maximum atomic E-state index is 5.20. The molecule has 1 N–H and O–H groups in total. The molecule has 0 fully saturated rings. The smallest absolute Gasteiger partial charge is 0.185 e. The Morgan fingerprint density at radius 1 is 1.39 bits per heavy atom. The molecule has 2 heterocycles. The van der Waals surface area contributed by atoms with E-state index in [2.05, 4.69) is 15.3 Å². The van der Waals surface area contributed by atoms with Crippen molar-refractivity contribution in [2.24, 2.45) is 0 Å². The van der Waals surface area contributed by atoms with Crippen LogP contribution in [0.25, 0.3) is 10.6 Å².